The van der Waals surface area contributed by atoms with E-state index in [-0.39, 0.29) is 0 Å². The molecule has 0 aliphatic carbocycles. The third-order valence-corrected chi connectivity index (χ3v) is 6.39. The first-order valence-electron chi connectivity index (χ1n) is 11.4. The summed E-state index contributed by atoms with van der Waals surface area (Å²) in [6.45, 7) is 2.35. The van der Waals surface area contributed by atoms with Crippen molar-refractivity contribution in [2.24, 2.45) is 4.99 Å². The number of anilines is 1. The van der Waals surface area contributed by atoms with Gasteiger partial charge >= 0.3 is 0 Å². The van der Waals surface area contributed by atoms with E-state index in [1.807, 2.05) is 6.07 Å². The molecule has 2 aliphatic heterocycles. The Morgan fingerprint density at radius 1 is 0.688 bits per heavy atom. The Hall–Kier alpha value is -3.85. The number of nitrogens with zero attached hydrogens (tertiary/aromatic N) is 2. The quantitative estimate of drug-likeness (QED) is 0.398. The van der Waals surface area contributed by atoms with Crippen LogP contribution in [0.3, 0.4) is 0 Å². The molecule has 32 heavy (non-hydrogen) atoms. The fourth-order valence-corrected chi connectivity index (χ4v) is 4.72. The summed E-state index contributed by atoms with van der Waals surface area (Å²) in [6, 6.07) is 32.1. The van der Waals surface area contributed by atoms with Crippen LogP contribution in [0, 0.1) is 0 Å². The molecule has 1 aromatic heterocycles. The smallest absolute Gasteiger partial charge is 0.0788 e. The zero-order valence-electron chi connectivity index (χ0n) is 18.0. The minimum atomic E-state index is 0.997. The van der Waals surface area contributed by atoms with Crippen molar-refractivity contribution < 1.29 is 0 Å². The molecule has 0 bridgehead atoms. The van der Waals surface area contributed by atoms with Gasteiger partial charge in [0.1, 0.15) is 0 Å². The van der Waals surface area contributed by atoms with Crippen molar-refractivity contribution in [3.05, 3.63) is 113 Å². The molecule has 0 saturated carbocycles. The summed E-state index contributed by atoms with van der Waals surface area (Å²) in [5, 5.41) is 0. The molecule has 6 rings (SSSR count). The van der Waals surface area contributed by atoms with E-state index in [1.165, 1.54) is 48.3 Å². The van der Waals surface area contributed by atoms with Gasteiger partial charge in [0, 0.05) is 46.9 Å². The monoisotopic (exact) mass is 415 g/mol. The summed E-state index contributed by atoms with van der Waals surface area (Å²) in [4.78, 5) is 11.0. The van der Waals surface area contributed by atoms with Crippen LogP contribution in [0.25, 0.3) is 23.0 Å². The van der Waals surface area contributed by atoms with E-state index in [2.05, 4.69) is 101 Å². The van der Waals surface area contributed by atoms with Gasteiger partial charge in [0.25, 0.3) is 0 Å². The second-order valence-electron chi connectivity index (χ2n) is 8.47. The molecule has 3 heteroatoms. The number of hydrogen-bond acceptors (Lipinski definition) is 2. The van der Waals surface area contributed by atoms with E-state index in [9.17, 15) is 0 Å². The average Bonchev–Trinajstić information content (AvgIpc) is 3.61. The van der Waals surface area contributed by atoms with Crippen LogP contribution in [0.2, 0.25) is 0 Å². The SMILES string of the molecule is C(=C1N=C(c2ccccc2)c2ccccc21)c1ccc(-c2ccc(N3CCCC3)cc2)[nH]1. The summed E-state index contributed by atoms with van der Waals surface area (Å²) in [5.74, 6) is 0. The highest BCUT2D eigenvalue weighted by atomic mass is 15.1. The van der Waals surface area contributed by atoms with Crippen molar-refractivity contribution in [1.82, 2.24) is 4.98 Å². The van der Waals surface area contributed by atoms with Gasteiger partial charge in [-0.15, -0.1) is 0 Å². The highest BCUT2D eigenvalue weighted by Crippen LogP contribution is 2.33. The van der Waals surface area contributed by atoms with Gasteiger partial charge in [-0.3, -0.25) is 0 Å². The Morgan fingerprint density at radius 3 is 2.19 bits per heavy atom. The number of hydrogen-bond donors (Lipinski definition) is 1. The van der Waals surface area contributed by atoms with Gasteiger partial charge in [-0.05, 0) is 48.7 Å². The zero-order chi connectivity index (χ0) is 21.3. The highest BCUT2D eigenvalue weighted by Gasteiger charge is 2.21. The molecule has 0 radical (unpaired) electrons. The summed E-state index contributed by atoms with van der Waals surface area (Å²) in [5.41, 5.74) is 10.3. The van der Waals surface area contributed by atoms with Gasteiger partial charge in [-0.2, -0.15) is 0 Å². The van der Waals surface area contributed by atoms with E-state index >= 15 is 0 Å². The molecule has 4 aromatic rings. The standard InChI is InChI=1S/C29H25N3/c1-2-8-22(9-3-1)29-26-11-5-4-10-25(26)28(31-29)20-23-14-17-27(30-23)21-12-15-24(16-13-21)32-18-6-7-19-32/h1-5,8-17,20,30H,6-7,18-19H2. The van der Waals surface area contributed by atoms with Gasteiger partial charge in [0.2, 0.25) is 0 Å². The lowest BCUT2D eigenvalue weighted by atomic mass is 9.99. The summed E-state index contributed by atoms with van der Waals surface area (Å²) < 4.78 is 0. The lowest BCUT2D eigenvalue weighted by Crippen LogP contribution is -2.17. The molecule has 1 N–H and O–H groups in total. The molecule has 0 atom stereocenters. The number of H-pyrrole nitrogens is 1. The number of nitrogens with one attached hydrogen (secondary N) is 1. The van der Waals surface area contributed by atoms with Crippen molar-refractivity contribution >= 4 is 23.2 Å². The summed E-state index contributed by atoms with van der Waals surface area (Å²) >= 11 is 0. The first-order chi connectivity index (χ1) is 15.8. The normalized spacial score (nSPS) is 16.4. The van der Waals surface area contributed by atoms with Crippen LogP contribution in [0.15, 0.2) is 96.0 Å². The number of fused-ring (bicyclic) bond motifs is 1. The molecule has 1 fully saturated rings. The maximum absolute atomic E-state index is 5.01. The average molecular weight is 416 g/mol. The molecule has 0 unspecified atom stereocenters. The van der Waals surface area contributed by atoms with Gasteiger partial charge in [-0.1, -0.05) is 66.7 Å². The topological polar surface area (TPSA) is 31.4 Å². The van der Waals surface area contributed by atoms with Crippen molar-refractivity contribution in [3.63, 3.8) is 0 Å². The second kappa shape index (κ2) is 8.01. The van der Waals surface area contributed by atoms with Crippen LogP contribution in [0.4, 0.5) is 5.69 Å². The highest BCUT2D eigenvalue weighted by molar-refractivity contribution is 6.21. The predicted octanol–water partition coefficient (Wildman–Crippen LogP) is 6.63. The van der Waals surface area contributed by atoms with Crippen molar-refractivity contribution in [3.8, 4) is 11.3 Å². The fourth-order valence-electron chi connectivity index (χ4n) is 4.72. The maximum atomic E-state index is 5.01. The molecule has 1 saturated heterocycles. The number of aliphatic imine (C=N–C) groups is 1. The molecule has 3 nitrogen and oxygen atoms in total. The van der Waals surface area contributed by atoms with Gasteiger partial charge in [-0.25, -0.2) is 4.99 Å². The van der Waals surface area contributed by atoms with E-state index in [4.69, 9.17) is 4.99 Å². The van der Waals surface area contributed by atoms with E-state index < -0.39 is 0 Å². The molecular weight excluding hydrogens is 390 g/mol. The Kier molecular flexibility index (Phi) is 4.73. The molecule has 0 spiro atoms. The Morgan fingerprint density at radius 2 is 1.41 bits per heavy atom. The van der Waals surface area contributed by atoms with Gasteiger partial charge in [0.05, 0.1) is 11.4 Å². The van der Waals surface area contributed by atoms with Crippen molar-refractivity contribution in [2.75, 3.05) is 18.0 Å². The maximum Gasteiger partial charge on any atom is 0.0788 e. The Labute approximate surface area is 188 Å². The third-order valence-electron chi connectivity index (χ3n) is 6.39. The molecule has 3 aromatic carbocycles. The number of rotatable bonds is 4. The van der Waals surface area contributed by atoms with Crippen molar-refractivity contribution in [2.45, 2.75) is 12.8 Å². The molecule has 2 aliphatic rings. The van der Waals surface area contributed by atoms with Crippen molar-refractivity contribution in [1.29, 1.82) is 0 Å². The fraction of sp³-hybridized carbons (Fsp3) is 0.138. The Bertz CT molecular complexity index is 1300. The van der Waals surface area contributed by atoms with E-state index in [0.29, 0.717) is 0 Å². The van der Waals surface area contributed by atoms with Crippen LogP contribution in [-0.4, -0.2) is 23.8 Å². The Balaban J connectivity index is 1.31. The van der Waals surface area contributed by atoms with Gasteiger partial charge in [0.15, 0.2) is 0 Å². The molecule has 156 valence electrons. The van der Waals surface area contributed by atoms with Crippen LogP contribution in [0.5, 0.6) is 0 Å². The lowest BCUT2D eigenvalue weighted by molar-refractivity contribution is 0.949. The molecule has 3 heterocycles. The summed E-state index contributed by atoms with van der Waals surface area (Å²) in [6.07, 6.45) is 4.75. The predicted molar refractivity (Wildman–Crippen MR) is 134 cm³/mol. The van der Waals surface area contributed by atoms with Crippen LogP contribution >= 0.6 is 0 Å². The van der Waals surface area contributed by atoms with Gasteiger partial charge < -0.3 is 9.88 Å². The number of aromatic nitrogens is 1. The van der Waals surface area contributed by atoms with Crippen LogP contribution in [-0.2, 0) is 0 Å². The van der Waals surface area contributed by atoms with E-state index in [1.54, 1.807) is 0 Å². The summed E-state index contributed by atoms with van der Waals surface area (Å²) in [7, 11) is 0. The largest absolute Gasteiger partial charge is 0.372 e. The van der Waals surface area contributed by atoms with E-state index in [0.717, 1.165) is 28.4 Å². The third kappa shape index (κ3) is 3.46. The first kappa shape index (κ1) is 18.9. The number of aromatic amines is 1. The first-order valence-corrected chi connectivity index (χ1v) is 11.4. The lowest BCUT2D eigenvalue weighted by Gasteiger charge is -2.17. The second-order valence-corrected chi connectivity index (χ2v) is 8.47. The van der Waals surface area contributed by atoms with Crippen LogP contribution in [0.1, 0.15) is 35.2 Å². The minimum Gasteiger partial charge on any atom is -0.372 e. The molecule has 0 amide bonds. The minimum absolute atomic E-state index is 0.997. The zero-order valence-corrected chi connectivity index (χ0v) is 18.0. The molecular formula is C29H25N3. The number of benzene rings is 3. The van der Waals surface area contributed by atoms with Crippen LogP contribution < -0.4 is 4.90 Å².